The Balaban J connectivity index is 2.62. The van der Waals surface area contributed by atoms with E-state index in [1.54, 1.807) is 19.9 Å². The third-order valence-electron chi connectivity index (χ3n) is 4.40. The first-order valence-corrected chi connectivity index (χ1v) is 8.46. The van der Waals surface area contributed by atoms with E-state index in [2.05, 4.69) is 10.3 Å². The molecule has 6 nitrogen and oxygen atoms in total. The van der Waals surface area contributed by atoms with E-state index in [0.717, 1.165) is 15.7 Å². The second kappa shape index (κ2) is 7.67. The van der Waals surface area contributed by atoms with Crippen LogP contribution >= 0.6 is 0 Å². The summed E-state index contributed by atoms with van der Waals surface area (Å²) in [5, 5.41) is 2.65. The number of benzene rings is 1. The standard InChI is InChI=1S/C18H23F3N4O2/c1-10-8-13-14(9-11(10)2)25(17(27)15(23-13)18(19,20)21)12(3)16(26)22-6-7-24(4)5/h8-9,12H,6-7H2,1-5H3,(H,22,26). The van der Waals surface area contributed by atoms with Crippen LogP contribution in [0.15, 0.2) is 16.9 Å². The van der Waals surface area contributed by atoms with Crippen molar-refractivity contribution in [3.05, 3.63) is 39.3 Å². The summed E-state index contributed by atoms with van der Waals surface area (Å²) in [6.07, 6.45) is -4.91. The minimum Gasteiger partial charge on any atom is -0.353 e. The van der Waals surface area contributed by atoms with E-state index in [4.69, 9.17) is 0 Å². The molecule has 0 saturated carbocycles. The number of nitrogens with zero attached hydrogens (tertiary/aromatic N) is 3. The van der Waals surface area contributed by atoms with Gasteiger partial charge >= 0.3 is 6.18 Å². The minimum atomic E-state index is -4.91. The molecule has 0 bridgehead atoms. The molecule has 1 N–H and O–H groups in total. The molecular weight excluding hydrogens is 361 g/mol. The second-order valence-corrected chi connectivity index (χ2v) is 6.83. The number of hydrogen-bond donors (Lipinski definition) is 1. The summed E-state index contributed by atoms with van der Waals surface area (Å²) in [7, 11) is 3.66. The molecule has 0 aliphatic rings. The van der Waals surface area contributed by atoms with Crippen LogP contribution in [0.1, 0.15) is 29.8 Å². The number of rotatable bonds is 5. The Hall–Kier alpha value is -2.42. The fraction of sp³-hybridized carbons (Fsp3) is 0.500. The highest BCUT2D eigenvalue weighted by Crippen LogP contribution is 2.28. The van der Waals surface area contributed by atoms with Gasteiger partial charge in [-0.3, -0.25) is 14.2 Å². The van der Waals surface area contributed by atoms with Crippen LogP contribution in [0.3, 0.4) is 0 Å². The molecular formula is C18H23F3N4O2. The molecule has 1 heterocycles. The predicted octanol–water partition coefficient (Wildman–Crippen LogP) is 2.27. The molecule has 9 heteroatoms. The van der Waals surface area contributed by atoms with Crippen LogP contribution in [-0.2, 0) is 11.0 Å². The number of aryl methyl sites for hydroxylation is 2. The molecule has 148 valence electrons. The van der Waals surface area contributed by atoms with Crippen LogP contribution in [-0.4, -0.2) is 47.5 Å². The van der Waals surface area contributed by atoms with Crippen molar-refractivity contribution in [2.75, 3.05) is 27.2 Å². The molecule has 1 aromatic heterocycles. The highest BCUT2D eigenvalue weighted by molar-refractivity contribution is 5.84. The molecule has 0 spiro atoms. The number of hydrogen-bond acceptors (Lipinski definition) is 4. The van der Waals surface area contributed by atoms with Crippen molar-refractivity contribution in [3.8, 4) is 0 Å². The zero-order valence-electron chi connectivity index (χ0n) is 15.9. The van der Waals surface area contributed by atoms with Gasteiger partial charge in [-0.05, 0) is 58.1 Å². The van der Waals surface area contributed by atoms with Gasteiger partial charge < -0.3 is 10.2 Å². The molecule has 0 fully saturated rings. The quantitative estimate of drug-likeness (QED) is 0.859. The van der Waals surface area contributed by atoms with E-state index in [1.165, 1.54) is 13.0 Å². The first kappa shape index (κ1) is 20.9. The third kappa shape index (κ3) is 4.47. The summed E-state index contributed by atoms with van der Waals surface area (Å²) in [4.78, 5) is 30.4. The van der Waals surface area contributed by atoms with Crippen molar-refractivity contribution in [3.63, 3.8) is 0 Å². The number of amides is 1. The SMILES string of the molecule is Cc1cc2nc(C(F)(F)F)c(=O)n(C(C)C(=O)NCCN(C)C)c2cc1C. The Morgan fingerprint density at radius 3 is 2.41 bits per heavy atom. The lowest BCUT2D eigenvalue weighted by atomic mass is 10.1. The maximum Gasteiger partial charge on any atom is 0.438 e. The summed E-state index contributed by atoms with van der Waals surface area (Å²) >= 11 is 0. The Labute approximate surface area is 155 Å². The molecule has 0 aliphatic heterocycles. The van der Waals surface area contributed by atoms with Gasteiger partial charge in [0.25, 0.3) is 5.56 Å². The Morgan fingerprint density at radius 2 is 1.85 bits per heavy atom. The van der Waals surface area contributed by atoms with Crippen molar-refractivity contribution in [1.29, 1.82) is 0 Å². The summed E-state index contributed by atoms with van der Waals surface area (Å²) in [5.74, 6) is -0.530. The van der Waals surface area contributed by atoms with Gasteiger partial charge in [-0.15, -0.1) is 0 Å². The average Bonchev–Trinajstić information content (AvgIpc) is 2.54. The second-order valence-electron chi connectivity index (χ2n) is 6.83. The van der Waals surface area contributed by atoms with E-state index in [0.29, 0.717) is 13.1 Å². The van der Waals surface area contributed by atoms with Gasteiger partial charge in [-0.1, -0.05) is 0 Å². The number of alkyl halides is 3. The lowest BCUT2D eigenvalue weighted by Crippen LogP contribution is -2.40. The van der Waals surface area contributed by atoms with Gasteiger partial charge in [-0.2, -0.15) is 13.2 Å². The lowest BCUT2D eigenvalue weighted by Gasteiger charge is -2.20. The minimum absolute atomic E-state index is 0.0259. The maximum atomic E-state index is 13.3. The number of fused-ring (bicyclic) bond motifs is 1. The van der Waals surface area contributed by atoms with E-state index < -0.39 is 29.4 Å². The highest BCUT2D eigenvalue weighted by atomic mass is 19.4. The Kier molecular flexibility index (Phi) is 5.94. The van der Waals surface area contributed by atoms with Crippen LogP contribution in [0.2, 0.25) is 0 Å². The van der Waals surface area contributed by atoms with Crippen LogP contribution in [0.4, 0.5) is 13.2 Å². The van der Waals surface area contributed by atoms with E-state index in [1.807, 2.05) is 19.0 Å². The monoisotopic (exact) mass is 384 g/mol. The molecule has 0 aliphatic carbocycles. The molecule has 2 rings (SSSR count). The molecule has 1 unspecified atom stereocenters. The number of carbonyl (C=O) groups excluding carboxylic acids is 1. The topological polar surface area (TPSA) is 67.2 Å². The molecule has 0 saturated heterocycles. The molecule has 1 amide bonds. The van der Waals surface area contributed by atoms with Crippen molar-refractivity contribution < 1.29 is 18.0 Å². The van der Waals surface area contributed by atoms with E-state index in [-0.39, 0.29) is 11.0 Å². The number of nitrogens with one attached hydrogen (secondary N) is 1. The fourth-order valence-electron chi connectivity index (χ4n) is 2.70. The summed E-state index contributed by atoms with van der Waals surface area (Å²) in [6, 6.07) is 1.96. The van der Waals surface area contributed by atoms with Crippen LogP contribution in [0.25, 0.3) is 11.0 Å². The molecule has 1 aromatic carbocycles. The van der Waals surface area contributed by atoms with Crippen LogP contribution in [0, 0.1) is 13.8 Å². The molecule has 0 radical (unpaired) electrons. The lowest BCUT2D eigenvalue weighted by molar-refractivity contribution is -0.142. The van der Waals surface area contributed by atoms with Crippen molar-refractivity contribution in [2.24, 2.45) is 0 Å². The Morgan fingerprint density at radius 1 is 1.26 bits per heavy atom. The first-order valence-electron chi connectivity index (χ1n) is 8.46. The number of halogens is 3. The van der Waals surface area contributed by atoms with Gasteiger partial charge in [-0.25, -0.2) is 4.98 Å². The van der Waals surface area contributed by atoms with Gasteiger partial charge in [0.15, 0.2) is 0 Å². The van der Waals surface area contributed by atoms with E-state index >= 15 is 0 Å². The Bertz CT molecular complexity index is 919. The summed E-state index contributed by atoms with van der Waals surface area (Å²) in [5.41, 5.74) is -1.09. The van der Waals surface area contributed by atoms with Gasteiger partial charge in [0.05, 0.1) is 11.0 Å². The largest absolute Gasteiger partial charge is 0.438 e. The van der Waals surface area contributed by atoms with E-state index in [9.17, 15) is 22.8 Å². The van der Waals surface area contributed by atoms with Crippen LogP contribution in [0.5, 0.6) is 0 Å². The predicted molar refractivity (Wildman–Crippen MR) is 96.8 cm³/mol. The third-order valence-corrected chi connectivity index (χ3v) is 4.40. The fourth-order valence-corrected chi connectivity index (χ4v) is 2.70. The normalized spacial score (nSPS) is 13.2. The number of likely N-dealkylation sites (N-methyl/N-ethyl adjacent to an activating group) is 1. The highest BCUT2D eigenvalue weighted by Gasteiger charge is 2.38. The van der Waals surface area contributed by atoms with Crippen molar-refractivity contribution in [2.45, 2.75) is 33.0 Å². The van der Waals surface area contributed by atoms with Crippen LogP contribution < -0.4 is 10.9 Å². The molecule has 1 atom stereocenters. The van der Waals surface area contributed by atoms with Gasteiger partial charge in [0.2, 0.25) is 11.6 Å². The smallest absolute Gasteiger partial charge is 0.353 e. The van der Waals surface area contributed by atoms with Crippen molar-refractivity contribution in [1.82, 2.24) is 19.8 Å². The summed E-state index contributed by atoms with van der Waals surface area (Å²) in [6.45, 7) is 5.82. The molecule has 2 aromatic rings. The zero-order valence-corrected chi connectivity index (χ0v) is 15.9. The number of carbonyl (C=O) groups is 1. The number of aromatic nitrogens is 2. The average molecular weight is 384 g/mol. The van der Waals surface area contributed by atoms with Crippen molar-refractivity contribution >= 4 is 16.9 Å². The maximum absolute atomic E-state index is 13.3. The molecule has 27 heavy (non-hydrogen) atoms. The summed E-state index contributed by atoms with van der Waals surface area (Å²) < 4.78 is 40.8. The van der Waals surface area contributed by atoms with Gasteiger partial charge in [0, 0.05) is 13.1 Å². The first-order chi connectivity index (χ1) is 12.4. The van der Waals surface area contributed by atoms with Gasteiger partial charge in [0.1, 0.15) is 6.04 Å². The zero-order chi connectivity index (χ0) is 20.5.